The topological polar surface area (TPSA) is 66.6 Å². The van der Waals surface area contributed by atoms with Crippen molar-refractivity contribution in [1.82, 2.24) is 9.80 Å². The Hall–Kier alpha value is -1.10. The molecule has 2 aliphatic carbocycles. The van der Waals surface area contributed by atoms with Crippen molar-refractivity contribution in [2.45, 2.75) is 58.4 Å². The van der Waals surface area contributed by atoms with Crippen LogP contribution in [0.5, 0.6) is 0 Å². The summed E-state index contributed by atoms with van der Waals surface area (Å²) in [5.41, 5.74) is 6.36. The van der Waals surface area contributed by atoms with E-state index in [2.05, 4.69) is 0 Å². The summed E-state index contributed by atoms with van der Waals surface area (Å²) in [6.07, 6.45) is 6.50. The second-order valence-corrected chi connectivity index (χ2v) is 8.36. The average Bonchev–Trinajstić information content (AvgIpc) is 2.79. The van der Waals surface area contributed by atoms with E-state index in [0.29, 0.717) is 36.9 Å². The van der Waals surface area contributed by atoms with Gasteiger partial charge in [0.25, 0.3) is 0 Å². The minimum Gasteiger partial charge on any atom is -0.341 e. The third kappa shape index (κ3) is 3.61. The van der Waals surface area contributed by atoms with E-state index >= 15 is 0 Å². The molecular formula is C19H33N3O2. The molecule has 1 heterocycles. The fourth-order valence-electron chi connectivity index (χ4n) is 4.97. The minimum atomic E-state index is 0.0338. The lowest BCUT2D eigenvalue weighted by atomic mass is 9.65. The van der Waals surface area contributed by atoms with E-state index in [4.69, 9.17) is 5.73 Å². The Morgan fingerprint density at radius 2 is 1.50 bits per heavy atom. The molecule has 0 aromatic rings. The van der Waals surface area contributed by atoms with E-state index in [0.717, 1.165) is 32.4 Å². The van der Waals surface area contributed by atoms with Crippen molar-refractivity contribution in [3.8, 4) is 0 Å². The summed E-state index contributed by atoms with van der Waals surface area (Å²) in [5, 5.41) is 0. The van der Waals surface area contributed by atoms with Crippen molar-refractivity contribution in [1.29, 1.82) is 0 Å². The third-order valence-corrected chi connectivity index (χ3v) is 6.38. The molecular weight excluding hydrogens is 302 g/mol. The maximum atomic E-state index is 13.0. The lowest BCUT2D eigenvalue weighted by Crippen LogP contribution is -2.50. The number of fused-ring (bicyclic) bond motifs is 2. The van der Waals surface area contributed by atoms with Gasteiger partial charge in [0.2, 0.25) is 11.8 Å². The highest BCUT2D eigenvalue weighted by Gasteiger charge is 2.41. The van der Waals surface area contributed by atoms with E-state index < -0.39 is 0 Å². The molecule has 2 atom stereocenters. The van der Waals surface area contributed by atoms with Crippen LogP contribution in [0.25, 0.3) is 0 Å². The quantitative estimate of drug-likeness (QED) is 0.837. The molecule has 2 amide bonds. The highest BCUT2D eigenvalue weighted by atomic mass is 16.2. The van der Waals surface area contributed by atoms with Crippen LogP contribution in [0, 0.1) is 23.7 Å². The molecule has 2 N–H and O–H groups in total. The van der Waals surface area contributed by atoms with Crippen LogP contribution in [-0.2, 0) is 9.59 Å². The molecule has 5 heteroatoms. The maximum absolute atomic E-state index is 13.0. The van der Waals surface area contributed by atoms with E-state index in [1.807, 2.05) is 23.6 Å². The molecule has 3 aliphatic rings. The fraction of sp³-hybridized carbons (Fsp3) is 0.895. The van der Waals surface area contributed by atoms with E-state index in [1.165, 1.54) is 19.3 Å². The molecule has 2 saturated carbocycles. The Bertz CT molecular complexity index is 465. The van der Waals surface area contributed by atoms with E-state index in [-0.39, 0.29) is 17.7 Å². The largest absolute Gasteiger partial charge is 0.341 e. The number of hydrogen-bond donors (Lipinski definition) is 1. The Kier molecular flexibility index (Phi) is 5.48. The summed E-state index contributed by atoms with van der Waals surface area (Å²) in [6.45, 7) is 6.83. The van der Waals surface area contributed by atoms with Crippen molar-refractivity contribution in [2.24, 2.45) is 29.4 Å². The zero-order chi connectivity index (χ0) is 17.3. The Morgan fingerprint density at radius 3 is 2.12 bits per heavy atom. The van der Waals surface area contributed by atoms with Gasteiger partial charge in [0, 0.05) is 44.1 Å². The standard InChI is InChI=1S/C19H33N3O2/c1-13(2)18(23)21-7-4-8-22(10-9-21)19(24)16-11-14-5-3-6-15(12-16)17(14)20/h13-17H,3-12,20H2,1-2H3. The number of nitrogens with zero attached hydrogens (tertiary/aromatic N) is 2. The minimum absolute atomic E-state index is 0.0338. The van der Waals surface area contributed by atoms with Crippen LogP contribution in [0.4, 0.5) is 0 Å². The molecule has 2 bridgehead atoms. The lowest BCUT2D eigenvalue weighted by Gasteiger charge is -2.44. The van der Waals surface area contributed by atoms with Gasteiger partial charge in [-0.15, -0.1) is 0 Å². The fourth-order valence-corrected chi connectivity index (χ4v) is 4.97. The Labute approximate surface area is 145 Å². The molecule has 0 radical (unpaired) electrons. The zero-order valence-electron chi connectivity index (χ0n) is 15.2. The van der Waals surface area contributed by atoms with Gasteiger partial charge in [0.15, 0.2) is 0 Å². The molecule has 136 valence electrons. The molecule has 3 rings (SSSR count). The number of amides is 2. The second-order valence-electron chi connectivity index (χ2n) is 8.36. The van der Waals surface area contributed by atoms with Gasteiger partial charge in [-0.25, -0.2) is 0 Å². The number of carbonyl (C=O) groups is 2. The van der Waals surface area contributed by atoms with Crippen molar-refractivity contribution >= 4 is 11.8 Å². The first-order chi connectivity index (χ1) is 11.5. The van der Waals surface area contributed by atoms with Gasteiger partial charge in [0.05, 0.1) is 0 Å². The average molecular weight is 335 g/mol. The van der Waals surface area contributed by atoms with E-state index in [9.17, 15) is 9.59 Å². The van der Waals surface area contributed by atoms with Crippen LogP contribution in [0.15, 0.2) is 0 Å². The van der Waals surface area contributed by atoms with Crippen molar-refractivity contribution in [3.05, 3.63) is 0 Å². The van der Waals surface area contributed by atoms with Crippen LogP contribution in [0.2, 0.25) is 0 Å². The summed E-state index contributed by atoms with van der Waals surface area (Å²) < 4.78 is 0. The van der Waals surface area contributed by atoms with Crippen LogP contribution < -0.4 is 5.73 Å². The van der Waals surface area contributed by atoms with Gasteiger partial charge in [-0.05, 0) is 43.9 Å². The van der Waals surface area contributed by atoms with Gasteiger partial charge in [-0.3, -0.25) is 9.59 Å². The lowest BCUT2D eigenvalue weighted by molar-refractivity contribution is -0.139. The van der Waals surface area contributed by atoms with Gasteiger partial charge < -0.3 is 15.5 Å². The molecule has 3 fully saturated rings. The highest BCUT2D eigenvalue weighted by molar-refractivity contribution is 5.80. The number of rotatable bonds is 2. The van der Waals surface area contributed by atoms with Gasteiger partial charge in [-0.2, -0.15) is 0 Å². The molecule has 0 aromatic heterocycles. The first kappa shape index (κ1) is 17.7. The zero-order valence-corrected chi connectivity index (χ0v) is 15.2. The van der Waals surface area contributed by atoms with Crippen LogP contribution in [0.3, 0.4) is 0 Å². The highest BCUT2D eigenvalue weighted by Crippen LogP contribution is 2.42. The molecule has 0 aromatic carbocycles. The molecule has 1 aliphatic heterocycles. The van der Waals surface area contributed by atoms with Gasteiger partial charge in [0.1, 0.15) is 0 Å². The summed E-state index contributed by atoms with van der Waals surface area (Å²) >= 11 is 0. The van der Waals surface area contributed by atoms with Crippen molar-refractivity contribution in [2.75, 3.05) is 26.2 Å². The smallest absolute Gasteiger partial charge is 0.225 e. The molecule has 5 nitrogen and oxygen atoms in total. The first-order valence-electron chi connectivity index (χ1n) is 9.80. The summed E-state index contributed by atoms with van der Waals surface area (Å²) in [7, 11) is 0. The molecule has 0 spiro atoms. The monoisotopic (exact) mass is 335 g/mol. The number of hydrogen-bond acceptors (Lipinski definition) is 3. The predicted molar refractivity (Wildman–Crippen MR) is 94.1 cm³/mol. The van der Waals surface area contributed by atoms with Crippen LogP contribution in [0.1, 0.15) is 52.4 Å². The van der Waals surface area contributed by atoms with Crippen molar-refractivity contribution < 1.29 is 9.59 Å². The normalized spacial score (nSPS) is 34.2. The van der Waals surface area contributed by atoms with Gasteiger partial charge >= 0.3 is 0 Å². The summed E-state index contributed by atoms with van der Waals surface area (Å²) in [5.74, 6) is 1.80. The van der Waals surface area contributed by atoms with Crippen LogP contribution >= 0.6 is 0 Å². The third-order valence-electron chi connectivity index (χ3n) is 6.38. The van der Waals surface area contributed by atoms with Crippen molar-refractivity contribution in [3.63, 3.8) is 0 Å². The second kappa shape index (κ2) is 7.42. The SMILES string of the molecule is CC(C)C(=O)N1CCCN(C(=O)C2CC3CCCC(C2)C3N)CC1. The van der Waals surface area contributed by atoms with E-state index in [1.54, 1.807) is 0 Å². The van der Waals surface area contributed by atoms with Crippen LogP contribution in [-0.4, -0.2) is 53.8 Å². The molecule has 1 saturated heterocycles. The summed E-state index contributed by atoms with van der Waals surface area (Å²) in [4.78, 5) is 29.2. The molecule has 2 unspecified atom stereocenters. The summed E-state index contributed by atoms with van der Waals surface area (Å²) in [6, 6.07) is 0.311. The number of nitrogens with two attached hydrogens (primary N) is 1. The maximum Gasteiger partial charge on any atom is 0.225 e. The Morgan fingerprint density at radius 1 is 0.917 bits per heavy atom. The predicted octanol–water partition coefficient (Wildman–Crippen LogP) is 1.86. The Balaban J connectivity index is 1.58. The van der Waals surface area contributed by atoms with Gasteiger partial charge in [-0.1, -0.05) is 20.3 Å². The first-order valence-corrected chi connectivity index (χ1v) is 9.80. The number of carbonyl (C=O) groups excluding carboxylic acids is 2. The molecule has 24 heavy (non-hydrogen) atoms.